The summed E-state index contributed by atoms with van der Waals surface area (Å²) in [6.45, 7) is 5.84. The zero-order valence-corrected chi connectivity index (χ0v) is 13.4. The van der Waals surface area contributed by atoms with Crippen LogP contribution < -0.4 is 0 Å². The second-order valence-corrected chi connectivity index (χ2v) is 7.50. The van der Waals surface area contributed by atoms with Crippen molar-refractivity contribution in [2.45, 2.75) is 70.9 Å². The normalized spacial score (nSPS) is 26.9. The van der Waals surface area contributed by atoms with E-state index in [2.05, 4.69) is 18.7 Å². The van der Waals surface area contributed by atoms with E-state index in [9.17, 15) is 9.59 Å². The molecule has 21 heavy (non-hydrogen) atoms. The molecular formula is C17H28N2O2. The number of carbonyl (C=O) groups is 2. The lowest BCUT2D eigenvalue weighted by atomic mass is 10.1. The van der Waals surface area contributed by atoms with Crippen molar-refractivity contribution in [3.05, 3.63) is 0 Å². The zero-order chi connectivity index (χ0) is 15.0. The first-order valence-corrected chi connectivity index (χ1v) is 8.66. The summed E-state index contributed by atoms with van der Waals surface area (Å²) >= 11 is 0. The third kappa shape index (κ3) is 3.24. The maximum Gasteiger partial charge on any atom is 0.228 e. The number of likely N-dealkylation sites (tertiary alicyclic amines) is 1. The SMILES string of the molecule is CC(C)CN(C(=O)[C@H]1CC(=O)N(C2CCCC2)C1)C1CC1. The van der Waals surface area contributed by atoms with Gasteiger partial charge in [-0.15, -0.1) is 0 Å². The van der Waals surface area contributed by atoms with Crippen LogP contribution in [0.15, 0.2) is 0 Å². The van der Waals surface area contributed by atoms with E-state index in [0.29, 0.717) is 31.0 Å². The van der Waals surface area contributed by atoms with Gasteiger partial charge in [0.1, 0.15) is 0 Å². The maximum absolute atomic E-state index is 12.8. The Labute approximate surface area is 127 Å². The topological polar surface area (TPSA) is 40.6 Å². The van der Waals surface area contributed by atoms with E-state index in [1.807, 2.05) is 4.90 Å². The van der Waals surface area contributed by atoms with Gasteiger partial charge in [-0.2, -0.15) is 0 Å². The molecule has 0 spiro atoms. The van der Waals surface area contributed by atoms with Crippen molar-refractivity contribution < 1.29 is 9.59 Å². The highest BCUT2D eigenvalue weighted by Crippen LogP contribution is 2.33. The first kappa shape index (κ1) is 14.9. The molecule has 0 N–H and O–H groups in total. The molecule has 2 saturated carbocycles. The van der Waals surface area contributed by atoms with Crippen molar-refractivity contribution in [1.29, 1.82) is 0 Å². The Balaban J connectivity index is 1.63. The van der Waals surface area contributed by atoms with Crippen LogP contribution >= 0.6 is 0 Å². The lowest BCUT2D eigenvalue weighted by Gasteiger charge is -2.28. The Hall–Kier alpha value is -1.06. The summed E-state index contributed by atoms with van der Waals surface area (Å²) in [6.07, 6.45) is 7.45. The van der Waals surface area contributed by atoms with Gasteiger partial charge in [-0.3, -0.25) is 9.59 Å². The number of rotatable bonds is 5. The zero-order valence-electron chi connectivity index (χ0n) is 13.4. The van der Waals surface area contributed by atoms with Gasteiger partial charge >= 0.3 is 0 Å². The molecule has 3 aliphatic rings. The Bertz CT molecular complexity index is 411. The fraction of sp³-hybridized carbons (Fsp3) is 0.882. The van der Waals surface area contributed by atoms with E-state index >= 15 is 0 Å². The molecule has 0 aromatic rings. The lowest BCUT2D eigenvalue weighted by Crippen LogP contribution is -2.41. The first-order chi connectivity index (χ1) is 10.1. The first-order valence-electron chi connectivity index (χ1n) is 8.66. The van der Waals surface area contributed by atoms with E-state index in [0.717, 1.165) is 32.2 Å². The Morgan fingerprint density at radius 1 is 1.24 bits per heavy atom. The molecule has 1 saturated heterocycles. The molecule has 0 radical (unpaired) electrons. The molecule has 118 valence electrons. The fourth-order valence-electron chi connectivity index (χ4n) is 3.90. The molecule has 1 heterocycles. The minimum Gasteiger partial charge on any atom is -0.339 e. The van der Waals surface area contributed by atoms with E-state index in [4.69, 9.17) is 0 Å². The van der Waals surface area contributed by atoms with Gasteiger partial charge in [0.15, 0.2) is 0 Å². The average Bonchev–Trinajstić information content (AvgIpc) is 2.98. The molecule has 2 aliphatic carbocycles. The van der Waals surface area contributed by atoms with Gasteiger partial charge in [-0.25, -0.2) is 0 Å². The largest absolute Gasteiger partial charge is 0.339 e. The third-order valence-electron chi connectivity index (χ3n) is 5.11. The highest BCUT2D eigenvalue weighted by atomic mass is 16.2. The van der Waals surface area contributed by atoms with Crippen LogP contribution in [0.25, 0.3) is 0 Å². The molecule has 2 amide bonds. The molecule has 0 aromatic heterocycles. The second kappa shape index (κ2) is 5.98. The molecule has 1 aliphatic heterocycles. The van der Waals surface area contributed by atoms with Crippen molar-refractivity contribution >= 4 is 11.8 Å². The van der Waals surface area contributed by atoms with Crippen LogP contribution in [0.5, 0.6) is 0 Å². The van der Waals surface area contributed by atoms with Crippen LogP contribution in [0.2, 0.25) is 0 Å². The minimum atomic E-state index is -0.0857. The summed E-state index contributed by atoms with van der Waals surface area (Å²) in [6, 6.07) is 0.866. The van der Waals surface area contributed by atoms with Crippen molar-refractivity contribution in [3.8, 4) is 0 Å². The summed E-state index contributed by atoms with van der Waals surface area (Å²) in [5.74, 6) is 0.857. The highest BCUT2D eigenvalue weighted by Gasteiger charge is 2.43. The number of hydrogen-bond donors (Lipinski definition) is 0. The smallest absolute Gasteiger partial charge is 0.228 e. The van der Waals surface area contributed by atoms with Crippen LogP contribution in [-0.4, -0.2) is 46.8 Å². The minimum absolute atomic E-state index is 0.0857. The molecule has 0 aromatic carbocycles. The van der Waals surface area contributed by atoms with Crippen LogP contribution in [0.4, 0.5) is 0 Å². The van der Waals surface area contributed by atoms with Gasteiger partial charge in [0.25, 0.3) is 0 Å². The van der Waals surface area contributed by atoms with E-state index in [1.165, 1.54) is 12.8 Å². The Morgan fingerprint density at radius 3 is 2.48 bits per heavy atom. The van der Waals surface area contributed by atoms with Crippen molar-refractivity contribution in [3.63, 3.8) is 0 Å². The number of carbonyl (C=O) groups excluding carboxylic acids is 2. The fourth-order valence-corrected chi connectivity index (χ4v) is 3.90. The van der Waals surface area contributed by atoms with E-state index < -0.39 is 0 Å². The van der Waals surface area contributed by atoms with Crippen LogP contribution in [0, 0.1) is 11.8 Å². The molecule has 0 unspecified atom stereocenters. The molecule has 0 bridgehead atoms. The Morgan fingerprint density at radius 2 is 1.90 bits per heavy atom. The van der Waals surface area contributed by atoms with Gasteiger partial charge in [-0.05, 0) is 31.6 Å². The van der Waals surface area contributed by atoms with Crippen LogP contribution in [0.1, 0.15) is 58.8 Å². The van der Waals surface area contributed by atoms with Crippen LogP contribution in [0.3, 0.4) is 0 Å². The number of hydrogen-bond acceptors (Lipinski definition) is 2. The maximum atomic E-state index is 12.8. The molecule has 4 nitrogen and oxygen atoms in total. The lowest BCUT2D eigenvalue weighted by molar-refractivity contribution is -0.137. The van der Waals surface area contributed by atoms with Crippen LogP contribution in [-0.2, 0) is 9.59 Å². The van der Waals surface area contributed by atoms with Gasteiger partial charge in [0.05, 0.1) is 5.92 Å². The summed E-state index contributed by atoms with van der Waals surface area (Å²) in [4.78, 5) is 29.2. The van der Waals surface area contributed by atoms with Gasteiger partial charge < -0.3 is 9.80 Å². The molecule has 4 heteroatoms. The van der Waals surface area contributed by atoms with Crippen molar-refractivity contribution in [1.82, 2.24) is 9.80 Å². The molecule has 1 atom stereocenters. The van der Waals surface area contributed by atoms with Gasteiger partial charge in [0.2, 0.25) is 11.8 Å². The molecule has 3 rings (SSSR count). The van der Waals surface area contributed by atoms with E-state index in [-0.39, 0.29) is 17.7 Å². The second-order valence-electron chi connectivity index (χ2n) is 7.50. The Kier molecular flexibility index (Phi) is 4.23. The predicted molar refractivity (Wildman–Crippen MR) is 81.6 cm³/mol. The van der Waals surface area contributed by atoms with Crippen molar-refractivity contribution in [2.75, 3.05) is 13.1 Å². The monoisotopic (exact) mass is 292 g/mol. The van der Waals surface area contributed by atoms with Gasteiger partial charge in [0, 0.05) is 31.6 Å². The van der Waals surface area contributed by atoms with Crippen molar-refractivity contribution in [2.24, 2.45) is 11.8 Å². The molecular weight excluding hydrogens is 264 g/mol. The number of amides is 2. The summed E-state index contributed by atoms with van der Waals surface area (Å²) in [5, 5.41) is 0. The van der Waals surface area contributed by atoms with E-state index in [1.54, 1.807) is 0 Å². The quantitative estimate of drug-likeness (QED) is 0.781. The standard InChI is InChI=1S/C17H28N2O2/c1-12(2)10-19(15-7-8-15)17(21)13-9-16(20)18(11-13)14-5-3-4-6-14/h12-15H,3-11H2,1-2H3/t13-/m0/s1. The van der Waals surface area contributed by atoms with Gasteiger partial charge in [-0.1, -0.05) is 26.7 Å². The highest BCUT2D eigenvalue weighted by molar-refractivity contribution is 5.89. The third-order valence-corrected chi connectivity index (χ3v) is 5.11. The summed E-state index contributed by atoms with van der Waals surface area (Å²) in [7, 11) is 0. The average molecular weight is 292 g/mol. The molecule has 3 fully saturated rings. The predicted octanol–water partition coefficient (Wildman–Crippen LogP) is 2.42. The summed E-state index contributed by atoms with van der Waals surface area (Å²) in [5.41, 5.74) is 0. The summed E-state index contributed by atoms with van der Waals surface area (Å²) < 4.78 is 0. The number of nitrogens with zero attached hydrogens (tertiary/aromatic N) is 2.